The zero-order valence-electron chi connectivity index (χ0n) is 11.6. The molecule has 1 amide bonds. The third-order valence-corrected chi connectivity index (χ3v) is 3.23. The van der Waals surface area contributed by atoms with Crippen molar-refractivity contribution in [2.45, 2.75) is 0 Å². The Labute approximate surface area is 131 Å². The lowest BCUT2D eigenvalue weighted by atomic mass is 10.2. The molecule has 2 N–H and O–H groups in total. The number of carbonyl (C=O) groups is 1. The number of pyridine rings is 1. The highest BCUT2D eigenvalue weighted by molar-refractivity contribution is 9.10. The maximum absolute atomic E-state index is 11.9. The van der Waals surface area contributed by atoms with Crippen LogP contribution < -0.4 is 15.4 Å². The van der Waals surface area contributed by atoms with Gasteiger partial charge in [-0.3, -0.25) is 9.78 Å². The molecule has 6 heteroatoms. The summed E-state index contributed by atoms with van der Waals surface area (Å²) in [6, 6.07) is 8.93. The number of hydrogen-bond acceptors (Lipinski definition) is 4. The number of rotatable bonds is 6. The third-order valence-electron chi connectivity index (χ3n) is 2.80. The van der Waals surface area contributed by atoms with Crippen LogP contribution in [-0.4, -0.2) is 31.1 Å². The standard InChI is InChI=1S/C15H16BrN3O2/c1-21-14-4-2-11(3-5-14)15(20)19-7-6-18-13-8-12(16)9-17-10-13/h2-5,8-10,18H,6-7H2,1H3,(H,19,20). The molecule has 0 saturated heterocycles. The number of amides is 1. The molecule has 110 valence electrons. The van der Waals surface area contributed by atoms with Crippen LogP contribution in [0.3, 0.4) is 0 Å². The number of halogens is 1. The second-order valence-corrected chi connectivity index (χ2v) is 5.22. The van der Waals surface area contributed by atoms with Crippen molar-refractivity contribution in [3.05, 3.63) is 52.8 Å². The summed E-state index contributed by atoms with van der Waals surface area (Å²) in [5, 5.41) is 6.03. The first-order valence-corrected chi connectivity index (χ1v) is 7.25. The van der Waals surface area contributed by atoms with Crippen molar-refractivity contribution < 1.29 is 9.53 Å². The Morgan fingerprint density at radius 2 is 2.00 bits per heavy atom. The minimum absolute atomic E-state index is 0.105. The van der Waals surface area contributed by atoms with Crippen molar-refractivity contribution in [2.24, 2.45) is 0 Å². The predicted molar refractivity (Wildman–Crippen MR) is 85.8 cm³/mol. The Hall–Kier alpha value is -2.08. The van der Waals surface area contributed by atoms with Gasteiger partial charge in [-0.1, -0.05) is 0 Å². The van der Waals surface area contributed by atoms with Gasteiger partial charge in [0.1, 0.15) is 5.75 Å². The summed E-state index contributed by atoms with van der Waals surface area (Å²) in [7, 11) is 1.59. The summed E-state index contributed by atoms with van der Waals surface area (Å²) in [5.41, 5.74) is 1.52. The van der Waals surface area contributed by atoms with Crippen LogP contribution in [0, 0.1) is 0 Å². The van der Waals surface area contributed by atoms with Crippen molar-refractivity contribution >= 4 is 27.5 Å². The molecular formula is C15H16BrN3O2. The Bertz CT molecular complexity index is 602. The molecule has 1 aromatic carbocycles. The Kier molecular flexibility index (Phi) is 5.57. The van der Waals surface area contributed by atoms with E-state index in [1.807, 2.05) is 6.07 Å². The summed E-state index contributed by atoms with van der Waals surface area (Å²) in [5.74, 6) is 0.627. The van der Waals surface area contributed by atoms with Crippen LogP contribution in [0.2, 0.25) is 0 Å². The van der Waals surface area contributed by atoms with Gasteiger partial charge < -0.3 is 15.4 Å². The van der Waals surface area contributed by atoms with Gasteiger partial charge in [0.05, 0.1) is 19.0 Å². The third kappa shape index (κ3) is 4.75. The van der Waals surface area contributed by atoms with Gasteiger partial charge in [-0.25, -0.2) is 0 Å². The second-order valence-electron chi connectivity index (χ2n) is 4.30. The van der Waals surface area contributed by atoms with E-state index in [-0.39, 0.29) is 5.91 Å². The molecule has 1 aromatic heterocycles. The van der Waals surface area contributed by atoms with E-state index in [4.69, 9.17) is 4.74 Å². The Morgan fingerprint density at radius 1 is 1.24 bits per heavy atom. The van der Waals surface area contributed by atoms with Crippen LogP contribution in [0.25, 0.3) is 0 Å². The maximum Gasteiger partial charge on any atom is 0.251 e. The molecule has 5 nitrogen and oxygen atoms in total. The summed E-state index contributed by atoms with van der Waals surface area (Å²) in [6.45, 7) is 1.15. The number of ether oxygens (including phenoxy) is 1. The highest BCUT2D eigenvalue weighted by atomic mass is 79.9. The number of benzene rings is 1. The van der Waals surface area contributed by atoms with Crippen molar-refractivity contribution in [3.8, 4) is 5.75 Å². The quantitative estimate of drug-likeness (QED) is 0.787. The van der Waals surface area contributed by atoms with Gasteiger partial charge >= 0.3 is 0 Å². The number of methoxy groups -OCH3 is 1. The van der Waals surface area contributed by atoms with E-state index in [0.29, 0.717) is 18.7 Å². The lowest BCUT2D eigenvalue weighted by Crippen LogP contribution is -2.28. The topological polar surface area (TPSA) is 63.2 Å². The summed E-state index contributed by atoms with van der Waals surface area (Å²) >= 11 is 3.35. The van der Waals surface area contributed by atoms with Gasteiger partial charge in [0, 0.05) is 29.3 Å². The van der Waals surface area contributed by atoms with Crippen LogP contribution >= 0.6 is 15.9 Å². The number of anilines is 1. The van der Waals surface area contributed by atoms with Crippen LogP contribution in [0.5, 0.6) is 5.75 Å². The van der Waals surface area contributed by atoms with Gasteiger partial charge in [-0.2, -0.15) is 0 Å². The van der Waals surface area contributed by atoms with Crippen molar-refractivity contribution in [3.63, 3.8) is 0 Å². The van der Waals surface area contributed by atoms with Gasteiger partial charge in [0.2, 0.25) is 0 Å². The number of hydrogen-bond donors (Lipinski definition) is 2. The molecule has 0 bridgehead atoms. The monoisotopic (exact) mass is 349 g/mol. The molecule has 0 radical (unpaired) electrons. The summed E-state index contributed by atoms with van der Waals surface area (Å²) in [6.07, 6.45) is 3.45. The first kappa shape index (κ1) is 15.3. The van der Waals surface area contributed by atoms with Crippen molar-refractivity contribution in [1.82, 2.24) is 10.3 Å². The number of nitrogens with one attached hydrogen (secondary N) is 2. The summed E-state index contributed by atoms with van der Waals surface area (Å²) in [4.78, 5) is 16.0. The molecule has 0 saturated carbocycles. The predicted octanol–water partition coefficient (Wildman–Crippen LogP) is 2.69. The number of carbonyl (C=O) groups excluding carboxylic acids is 1. The van der Waals surface area contributed by atoms with Crippen LogP contribution in [0.15, 0.2) is 47.2 Å². The normalized spacial score (nSPS) is 10.0. The van der Waals surface area contributed by atoms with Crippen LogP contribution in [0.4, 0.5) is 5.69 Å². The zero-order valence-corrected chi connectivity index (χ0v) is 13.2. The SMILES string of the molecule is COc1ccc(C(=O)NCCNc2cncc(Br)c2)cc1. The Balaban J connectivity index is 1.76. The lowest BCUT2D eigenvalue weighted by Gasteiger charge is -2.08. The fourth-order valence-electron chi connectivity index (χ4n) is 1.74. The first-order chi connectivity index (χ1) is 10.2. The molecule has 0 unspecified atom stereocenters. The molecule has 0 atom stereocenters. The van der Waals surface area contributed by atoms with Gasteiger partial charge in [0.15, 0.2) is 0 Å². The fraction of sp³-hybridized carbons (Fsp3) is 0.200. The second kappa shape index (κ2) is 7.64. The molecule has 21 heavy (non-hydrogen) atoms. The molecule has 2 rings (SSSR count). The minimum Gasteiger partial charge on any atom is -0.497 e. The van der Waals surface area contributed by atoms with Gasteiger partial charge in [-0.15, -0.1) is 0 Å². The van der Waals surface area contributed by atoms with E-state index >= 15 is 0 Å². The van der Waals surface area contributed by atoms with Crippen LogP contribution in [-0.2, 0) is 0 Å². The van der Waals surface area contributed by atoms with Crippen LogP contribution in [0.1, 0.15) is 10.4 Å². The molecule has 0 aliphatic heterocycles. The van der Waals surface area contributed by atoms with Crippen molar-refractivity contribution in [2.75, 3.05) is 25.5 Å². The molecule has 1 heterocycles. The van der Waals surface area contributed by atoms with E-state index in [0.717, 1.165) is 15.9 Å². The van der Waals surface area contributed by atoms with Crippen molar-refractivity contribution in [1.29, 1.82) is 0 Å². The molecule has 2 aromatic rings. The van der Waals surface area contributed by atoms with E-state index in [1.165, 1.54) is 0 Å². The molecule has 0 spiro atoms. The average Bonchev–Trinajstić information content (AvgIpc) is 2.51. The zero-order chi connectivity index (χ0) is 15.1. The largest absolute Gasteiger partial charge is 0.497 e. The van der Waals surface area contributed by atoms with Gasteiger partial charge in [-0.05, 0) is 46.3 Å². The Morgan fingerprint density at radius 3 is 2.67 bits per heavy atom. The van der Waals surface area contributed by atoms with E-state index in [9.17, 15) is 4.79 Å². The lowest BCUT2D eigenvalue weighted by molar-refractivity contribution is 0.0955. The first-order valence-electron chi connectivity index (χ1n) is 6.46. The molecular weight excluding hydrogens is 334 g/mol. The number of nitrogens with zero attached hydrogens (tertiary/aromatic N) is 1. The fourth-order valence-corrected chi connectivity index (χ4v) is 2.10. The number of aromatic nitrogens is 1. The molecule has 0 aliphatic rings. The van der Waals surface area contributed by atoms with Gasteiger partial charge in [0.25, 0.3) is 5.91 Å². The van der Waals surface area contributed by atoms with E-state index in [2.05, 4.69) is 31.5 Å². The smallest absolute Gasteiger partial charge is 0.251 e. The maximum atomic E-state index is 11.9. The summed E-state index contributed by atoms with van der Waals surface area (Å²) < 4.78 is 5.97. The van der Waals surface area contributed by atoms with E-state index in [1.54, 1.807) is 43.8 Å². The molecule has 0 aliphatic carbocycles. The highest BCUT2D eigenvalue weighted by Gasteiger charge is 2.04. The minimum atomic E-state index is -0.105. The average molecular weight is 350 g/mol. The highest BCUT2D eigenvalue weighted by Crippen LogP contribution is 2.13. The molecule has 0 fully saturated rings. The van der Waals surface area contributed by atoms with E-state index < -0.39 is 0 Å².